The van der Waals surface area contributed by atoms with Gasteiger partial charge in [-0.25, -0.2) is 4.39 Å². The van der Waals surface area contributed by atoms with E-state index in [1.165, 1.54) is 25.3 Å². The molecule has 2 amide bonds. The minimum absolute atomic E-state index is 0.148. The van der Waals surface area contributed by atoms with Gasteiger partial charge in [0.2, 0.25) is 0 Å². The molecule has 1 saturated heterocycles. The van der Waals surface area contributed by atoms with Gasteiger partial charge in [0.15, 0.2) is 0 Å². The third-order valence-corrected chi connectivity index (χ3v) is 4.51. The van der Waals surface area contributed by atoms with Crippen LogP contribution < -0.4 is 10.1 Å². The standard InChI is InChI=1S/C19H18ClFN2O3/c1-26-13-5-7-14(16(21)11-13)18(24)22-17-10-12(20)4-6-15(17)19(25)23-8-2-3-9-23/h4-7,10-11H,2-3,8-9H2,1H3,(H,22,24). The highest BCUT2D eigenvalue weighted by Gasteiger charge is 2.23. The number of anilines is 1. The molecule has 2 aromatic carbocycles. The van der Waals surface area contributed by atoms with Crippen molar-refractivity contribution in [3.05, 3.63) is 58.4 Å². The number of hydrogen-bond acceptors (Lipinski definition) is 3. The van der Waals surface area contributed by atoms with Crippen LogP contribution in [0, 0.1) is 5.82 Å². The van der Waals surface area contributed by atoms with Crippen molar-refractivity contribution in [2.24, 2.45) is 0 Å². The molecule has 5 nitrogen and oxygen atoms in total. The van der Waals surface area contributed by atoms with Crippen LogP contribution in [0.4, 0.5) is 10.1 Å². The molecule has 1 fully saturated rings. The van der Waals surface area contributed by atoms with Gasteiger partial charge in [0.1, 0.15) is 11.6 Å². The second-order valence-corrected chi connectivity index (χ2v) is 6.43. The molecule has 136 valence electrons. The molecule has 1 N–H and O–H groups in total. The Kier molecular flexibility index (Phi) is 5.42. The summed E-state index contributed by atoms with van der Waals surface area (Å²) in [5.74, 6) is -1.24. The lowest BCUT2D eigenvalue weighted by molar-refractivity contribution is 0.0794. The predicted molar refractivity (Wildman–Crippen MR) is 97.5 cm³/mol. The zero-order valence-electron chi connectivity index (χ0n) is 14.2. The Morgan fingerprint density at radius 2 is 1.81 bits per heavy atom. The topological polar surface area (TPSA) is 58.6 Å². The maximum Gasteiger partial charge on any atom is 0.258 e. The Labute approximate surface area is 155 Å². The fourth-order valence-corrected chi connectivity index (χ4v) is 3.07. The summed E-state index contributed by atoms with van der Waals surface area (Å²) in [5.41, 5.74) is 0.443. The lowest BCUT2D eigenvalue weighted by atomic mass is 10.1. The first-order valence-corrected chi connectivity index (χ1v) is 8.61. The largest absolute Gasteiger partial charge is 0.497 e. The number of hydrogen-bond donors (Lipinski definition) is 1. The Morgan fingerprint density at radius 3 is 2.46 bits per heavy atom. The zero-order valence-corrected chi connectivity index (χ0v) is 15.0. The Bertz CT molecular complexity index is 851. The summed E-state index contributed by atoms with van der Waals surface area (Å²) >= 11 is 6.01. The minimum atomic E-state index is -0.712. The van der Waals surface area contributed by atoms with E-state index in [9.17, 15) is 14.0 Å². The first-order valence-electron chi connectivity index (χ1n) is 8.23. The van der Waals surface area contributed by atoms with Gasteiger partial charge in [-0.1, -0.05) is 11.6 Å². The average molecular weight is 377 g/mol. The molecule has 0 saturated carbocycles. The Hall–Kier alpha value is -2.60. The average Bonchev–Trinajstić information content (AvgIpc) is 3.15. The fourth-order valence-electron chi connectivity index (χ4n) is 2.89. The van der Waals surface area contributed by atoms with Crippen LogP contribution in [0.5, 0.6) is 5.75 Å². The van der Waals surface area contributed by atoms with Crippen LogP contribution >= 0.6 is 11.6 Å². The molecule has 0 bridgehead atoms. The van der Waals surface area contributed by atoms with Gasteiger partial charge in [0, 0.05) is 24.2 Å². The van der Waals surface area contributed by atoms with E-state index in [4.69, 9.17) is 16.3 Å². The summed E-state index contributed by atoms with van der Waals surface area (Å²) in [4.78, 5) is 26.9. The number of ether oxygens (including phenoxy) is 1. The van der Waals surface area contributed by atoms with Gasteiger partial charge in [-0.15, -0.1) is 0 Å². The third kappa shape index (κ3) is 3.80. The normalized spacial score (nSPS) is 13.6. The molecule has 0 aromatic heterocycles. The predicted octanol–water partition coefficient (Wildman–Crippen LogP) is 3.98. The van der Waals surface area contributed by atoms with Gasteiger partial charge in [-0.2, -0.15) is 0 Å². The number of halogens is 2. The van der Waals surface area contributed by atoms with Gasteiger partial charge >= 0.3 is 0 Å². The summed E-state index contributed by atoms with van der Waals surface area (Å²) in [5, 5.41) is 2.97. The van der Waals surface area contributed by atoms with Crippen molar-refractivity contribution in [1.29, 1.82) is 0 Å². The van der Waals surface area contributed by atoms with E-state index >= 15 is 0 Å². The molecule has 0 atom stereocenters. The van der Waals surface area contributed by atoms with E-state index in [2.05, 4.69) is 5.32 Å². The summed E-state index contributed by atoms with van der Waals surface area (Å²) < 4.78 is 19.1. The highest BCUT2D eigenvalue weighted by Crippen LogP contribution is 2.25. The van der Waals surface area contributed by atoms with E-state index in [0.29, 0.717) is 29.4 Å². The molecule has 1 heterocycles. The fraction of sp³-hybridized carbons (Fsp3) is 0.263. The molecular weight excluding hydrogens is 359 g/mol. The molecule has 0 radical (unpaired) electrons. The van der Waals surface area contributed by atoms with Crippen LogP contribution in [0.1, 0.15) is 33.6 Å². The van der Waals surface area contributed by atoms with Gasteiger partial charge in [-0.3, -0.25) is 9.59 Å². The van der Waals surface area contributed by atoms with Gasteiger partial charge in [0.25, 0.3) is 11.8 Å². The second-order valence-electron chi connectivity index (χ2n) is 5.99. The third-order valence-electron chi connectivity index (χ3n) is 4.27. The second kappa shape index (κ2) is 7.74. The van der Waals surface area contributed by atoms with Crippen LogP contribution in [0.25, 0.3) is 0 Å². The molecule has 1 aliphatic heterocycles. The zero-order chi connectivity index (χ0) is 18.7. The van der Waals surface area contributed by atoms with Crippen LogP contribution in [-0.2, 0) is 0 Å². The number of amides is 2. The molecule has 26 heavy (non-hydrogen) atoms. The van der Waals surface area contributed by atoms with Crippen molar-refractivity contribution in [2.45, 2.75) is 12.8 Å². The number of benzene rings is 2. The van der Waals surface area contributed by atoms with Gasteiger partial charge < -0.3 is 15.0 Å². The molecule has 1 aliphatic rings. The summed E-state index contributed by atoms with van der Waals surface area (Å²) in [7, 11) is 1.41. The Morgan fingerprint density at radius 1 is 1.12 bits per heavy atom. The van der Waals surface area contributed by atoms with E-state index in [0.717, 1.165) is 18.9 Å². The summed E-state index contributed by atoms with van der Waals surface area (Å²) in [6.07, 6.45) is 1.91. The van der Waals surface area contributed by atoms with Crippen molar-refractivity contribution in [3.63, 3.8) is 0 Å². The van der Waals surface area contributed by atoms with Crippen molar-refractivity contribution < 1.29 is 18.7 Å². The van der Waals surface area contributed by atoms with E-state index in [-0.39, 0.29) is 17.2 Å². The van der Waals surface area contributed by atoms with E-state index < -0.39 is 11.7 Å². The van der Waals surface area contributed by atoms with Crippen molar-refractivity contribution in [3.8, 4) is 5.75 Å². The van der Waals surface area contributed by atoms with Gasteiger partial charge in [0.05, 0.1) is 23.9 Å². The first-order chi connectivity index (χ1) is 12.5. The maximum atomic E-state index is 14.1. The minimum Gasteiger partial charge on any atom is -0.497 e. The van der Waals surface area contributed by atoms with Crippen LogP contribution in [0.2, 0.25) is 5.02 Å². The molecule has 0 aliphatic carbocycles. The summed E-state index contributed by atoms with van der Waals surface area (Å²) in [6, 6.07) is 8.60. The van der Waals surface area contributed by atoms with Crippen LogP contribution in [-0.4, -0.2) is 36.9 Å². The quantitative estimate of drug-likeness (QED) is 0.878. The van der Waals surface area contributed by atoms with Gasteiger partial charge in [-0.05, 0) is 43.2 Å². The first kappa shape index (κ1) is 18.2. The molecule has 2 aromatic rings. The summed E-state index contributed by atoms with van der Waals surface area (Å²) in [6.45, 7) is 1.36. The number of methoxy groups -OCH3 is 1. The number of likely N-dealkylation sites (tertiary alicyclic amines) is 1. The highest BCUT2D eigenvalue weighted by molar-refractivity contribution is 6.31. The van der Waals surface area contributed by atoms with E-state index in [1.807, 2.05) is 0 Å². The van der Waals surface area contributed by atoms with Crippen molar-refractivity contribution >= 4 is 29.1 Å². The van der Waals surface area contributed by atoms with Crippen molar-refractivity contribution in [2.75, 3.05) is 25.5 Å². The maximum absolute atomic E-state index is 14.1. The van der Waals surface area contributed by atoms with E-state index in [1.54, 1.807) is 17.0 Å². The molecule has 7 heteroatoms. The Balaban J connectivity index is 1.88. The smallest absolute Gasteiger partial charge is 0.258 e. The number of rotatable bonds is 4. The van der Waals surface area contributed by atoms with Crippen LogP contribution in [0.15, 0.2) is 36.4 Å². The SMILES string of the molecule is COc1ccc(C(=O)Nc2cc(Cl)ccc2C(=O)N2CCCC2)c(F)c1. The molecular formula is C19H18ClFN2O3. The molecule has 3 rings (SSSR count). The lowest BCUT2D eigenvalue weighted by Crippen LogP contribution is -2.29. The highest BCUT2D eigenvalue weighted by atomic mass is 35.5. The van der Waals surface area contributed by atoms with Crippen LogP contribution in [0.3, 0.4) is 0 Å². The van der Waals surface area contributed by atoms with Crippen molar-refractivity contribution in [1.82, 2.24) is 4.90 Å². The number of nitrogens with one attached hydrogen (secondary N) is 1. The molecule has 0 unspecified atom stereocenters. The monoisotopic (exact) mass is 376 g/mol. The lowest BCUT2D eigenvalue weighted by Gasteiger charge is -2.18. The number of carbonyl (C=O) groups excluding carboxylic acids is 2. The molecule has 0 spiro atoms. The number of nitrogens with zero attached hydrogens (tertiary/aromatic N) is 1. The number of carbonyl (C=O) groups is 2.